The van der Waals surface area contributed by atoms with Gasteiger partial charge in [-0.05, 0) is 43.5 Å². The molecule has 0 aliphatic carbocycles. The monoisotopic (exact) mass is 268 g/mol. The molecule has 106 valence electrons. The molecule has 2 amide bonds. The second kappa shape index (κ2) is 6.52. The zero-order valence-corrected chi connectivity index (χ0v) is 11.6. The van der Waals surface area contributed by atoms with Crippen LogP contribution in [0.5, 0.6) is 0 Å². The van der Waals surface area contributed by atoms with E-state index in [1.165, 1.54) is 12.1 Å². The number of aryl methyl sites for hydroxylation is 1. The summed E-state index contributed by atoms with van der Waals surface area (Å²) in [5, 5.41) is 14.8. The van der Waals surface area contributed by atoms with E-state index in [4.69, 9.17) is 0 Å². The highest BCUT2D eigenvalue weighted by Crippen LogP contribution is 2.16. The van der Waals surface area contributed by atoms with Gasteiger partial charge in [-0.25, -0.2) is 9.18 Å². The van der Waals surface area contributed by atoms with Gasteiger partial charge in [-0.15, -0.1) is 0 Å². The molecule has 0 radical (unpaired) electrons. The van der Waals surface area contributed by atoms with Gasteiger partial charge in [-0.1, -0.05) is 13.8 Å². The number of hydrogen-bond donors (Lipinski definition) is 3. The first-order chi connectivity index (χ1) is 8.96. The van der Waals surface area contributed by atoms with E-state index in [0.29, 0.717) is 24.1 Å². The lowest BCUT2D eigenvalue weighted by molar-refractivity contribution is 0.155. The summed E-state index contributed by atoms with van der Waals surface area (Å²) < 4.78 is 13.1. The number of aliphatic hydroxyl groups is 1. The minimum absolute atomic E-state index is 0.115. The SMILES string of the molecule is CCC(CC)(CO)NC(=O)Nc1ccc(F)c(C)c1. The Morgan fingerprint density at radius 1 is 1.37 bits per heavy atom. The molecule has 3 N–H and O–H groups in total. The molecule has 19 heavy (non-hydrogen) atoms. The Morgan fingerprint density at radius 2 is 2.00 bits per heavy atom. The van der Waals surface area contributed by atoms with Gasteiger partial charge in [-0.2, -0.15) is 0 Å². The maximum absolute atomic E-state index is 13.1. The summed E-state index contributed by atoms with van der Waals surface area (Å²) in [6.45, 7) is 5.33. The number of amides is 2. The number of carbonyl (C=O) groups excluding carboxylic acids is 1. The van der Waals surface area contributed by atoms with Crippen LogP contribution in [0.2, 0.25) is 0 Å². The fourth-order valence-corrected chi connectivity index (χ4v) is 1.82. The van der Waals surface area contributed by atoms with Crippen LogP contribution in [-0.4, -0.2) is 23.3 Å². The fraction of sp³-hybridized carbons (Fsp3) is 0.500. The first-order valence-corrected chi connectivity index (χ1v) is 6.42. The highest BCUT2D eigenvalue weighted by atomic mass is 19.1. The molecule has 0 saturated carbocycles. The Labute approximate surface area is 113 Å². The summed E-state index contributed by atoms with van der Waals surface area (Å²) in [5.74, 6) is -0.308. The van der Waals surface area contributed by atoms with Crippen molar-refractivity contribution in [2.24, 2.45) is 0 Å². The van der Waals surface area contributed by atoms with Crippen molar-refractivity contribution in [3.8, 4) is 0 Å². The van der Waals surface area contributed by atoms with Gasteiger partial charge in [0.1, 0.15) is 5.82 Å². The topological polar surface area (TPSA) is 61.4 Å². The highest BCUT2D eigenvalue weighted by Gasteiger charge is 2.27. The van der Waals surface area contributed by atoms with Crippen molar-refractivity contribution in [1.29, 1.82) is 0 Å². The molecule has 0 aliphatic heterocycles. The Kier molecular flexibility index (Phi) is 5.30. The Balaban J connectivity index is 2.71. The van der Waals surface area contributed by atoms with Crippen LogP contribution in [0.15, 0.2) is 18.2 Å². The van der Waals surface area contributed by atoms with E-state index in [1.54, 1.807) is 13.0 Å². The number of halogens is 1. The molecule has 5 heteroatoms. The molecule has 0 fully saturated rings. The van der Waals surface area contributed by atoms with Crippen LogP contribution < -0.4 is 10.6 Å². The van der Waals surface area contributed by atoms with Gasteiger partial charge >= 0.3 is 6.03 Å². The summed E-state index contributed by atoms with van der Waals surface area (Å²) in [6.07, 6.45) is 1.27. The third-order valence-corrected chi connectivity index (χ3v) is 3.45. The van der Waals surface area contributed by atoms with Gasteiger partial charge in [-0.3, -0.25) is 0 Å². The molecule has 4 nitrogen and oxygen atoms in total. The van der Waals surface area contributed by atoms with E-state index in [0.717, 1.165) is 0 Å². The first-order valence-electron chi connectivity index (χ1n) is 6.42. The van der Waals surface area contributed by atoms with Crippen molar-refractivity contribution < 1.29 is 14.3 Å². The van der Waals surface area contributed by atoms with Gasteiger partial charge in [0, 0.05) is 5.69 Å². The Bertz CT molecular complexity index is 437. The van der Waals surface area contributed by atoms with Crippen LogP contribution in [0.25, 0.3) is 0 Å². The lowest BCUT2D eigenvalue weighted by Crippen LogP contribution is -2.52. The van der Waals surface area contributed by atoms with Crippen molar-refractivity contribution in [3.63, 3.8) is 0 Å². The molecular formula is C14H21FN2O2. The Morgan fingerprint density at radius 3 is 2.47 bits per heavy atom. The van der Waals surface area contributed by atoms with Crippen molar-refractivity contribution in [1.82, 2.24) is 5.32 Å². The molecule has 0 saturated heterocycles. The molecule has 0 heterocycles. The molecular weight excluding hydrogens is 247 g/mol. The Hall–Kier alpha value is -1.62. The molecule has 0 atom stereocenters. The van der Waals surface area contributed by atoms with Gasteiger partial charge in [0.2, 0.25) is 0 Å². The molecule has 0 spiro atoms. The number of urea groups is 1. The number of carbonyl (C=O) groups is 1. The largest absolute Gasteiger partial charge is 0.394 e. The summed E-state index contributed by atoms with van der Waals surface area (Å²) in [4.78, 5) is 11.9. The normalized spacial score (nSPS) is 11.2. The lowest BCUT2D eigenvalue weighted by atomic mass is 9.94. The minimum Gasteiger partial charge on any atom is -0.394 e. The van der Waals surface area contributed by atoms with E-state index < -0.39 is 11.6 Å². The number of nitrogens with one attached hydrogen (secondary N) is 2. The highest BCUT2D eigenvalue weighted by molar-refractivity contribution is 5.89. The zero-order chi connectivity index (χ0) is 14.5. The first kappa shape index (κ1) is 15.4. The molecule has 0 bridgehead atoms. The van der Waals surface area contributed by atoms with Crippen LogP contribution >= 0.6 is 0 Å². The van der Waals surface area contributed by atoms with Crippen molar-refractivity contribution in [2.75, 3.05) is 11.9 Å². The van der Waals surface area contributed by atoms with E-state index in [9.17, 15) is 14.3 Å². The van der Waals surface area contributed by atoms with Crippen molar-refractivity contribution in [2.45, 2.75) is 39.2 Å². The maximum atomic E-state index is 13.1. The van der Waals surface area contributed by atoms with Gasteiger partial charge in [0.15, 0.2) is 0 Å². The van der Waals surface area contributed by atoms with Crippen LogP contribution in [0, 0.1) is 12.7 Å². The van der Waals surface area contributed by atoms with E-state index in [2.05, 4.69) is 10.6 Å². The molecule has 1 rings (SSSR count). The van der Waals surface area contributed by atoms with E-state index in [1.807, 2.05) is 13.8 Å². The van der Waals surface area contributed by atoms with Gasteiger partial charge in [0.25, 0.3) is 0 Å². The second-order valence-electron chi connectivity index (χ2n) is 4.69. The second-order valence-corrected chi connectivity index (χ2v) is 4.69. The quantitative estimate of drug-likeness (QED) is 0.769. The predicted octanol–water partition coefficient (Wildman–Crippen LogP) is 2.81. The average Bonchev–Trinajstić information content (AvgIpc) is 2.40. The third kappa shape index (κ3) is 3.92. The van der Waals surface area contributed by atoms with Crippen LogP contribution in [-0.2, 0) is 0 Å². The number of benzene rings is 1. The summed E-state index contributed by atoms with van der Waals surface area (Å²) in [5.41, 5.74) is 0.381. The lowest BCUT2D eigenvalue weighted by Gasteiger charge is -2.30. The van der Waals surface area contributed by atoms with Crippen LogP contribution in [0.4, 0.5) is 14.9 Å². The standard InChI is InChI=1S/C14H21FN2O2/c1-4-14(5-2,9-18)17-13(19)16-11-6-7-12(15)10(3)8-11/h6-8,18H,4-5,9H2,1-3H3,(H2,16,17,19). The smallest absolute Gasteiger partial charge is 0.319 e. The van der Waals surface area contributed by atoms with E-state index >= 15 is 0 Å². The van der Waals surface area contributed by atoms with Crippen molar-refractivity contribution in [3.05, 3.63) is 29.6 Å². The van der Waals surface area contributed by atoms with Crippen LogP contribution in [0.3, 0.4) is 0 Å². The molecule has 1 aromatic carbocycles. The predicted molar refractivity (Wildman–Crippen MR) is 73.7 cm³/mol. The molecule has 0 aliphatic rings. The van der Waals surface area contributed by atoms with Gasteiger partial charge < -0.3 is 15.7 Å². The minimum atomic E-state index is -0.612. The summed E-state index contributed by atoms with van der Waals surface area (Å²) >= 11 is 0. The average molecular weight is 268 g/mol. The molecule has 1 aromatic rings. The zero-order valence-electron chi connectivity index (χ0n) is 11.6. The molecule has 0 unspecified atom stereocenters. The van der Waals surface area contributed by atoms with Crippen LogP contribution in [0.1, 0.15) is 32.3 Å². The number of hydrogen-bond acceptors (Lipinski definition) is 2. The maximum Gasteiger partial charge on any atom is 0.319 e. The summed E-state index contributed by atoms with van der Waals surface area (Å²) in [6, 6.07) is 3.97. The van der Waals surface area contributed by atoms with Crippen molar-refractivity contribution >= 4 is 11.7 Å². The number of rotatable bonds is 5. The molecule has 0 aromatic heterocycles. The number of aliphatic hydroxyl groups excluding tert-OH is 1. The number of anilines is 1. The third-order valence-electron chi connectivity index (χ3n) is 3.45. The fourth-order valence-electron chi connectivity index (χ4n) is 1.82. The summed E-state index contributed by atoms with van der Waals surface area (Å²) in [7, 11) is 0. The van der Waals surface area contributed by atoms with E-state index in [-0.39, 0.29) is 12.4 Å². The van der Waals surface area contributed by atoms with Gasteiger partial charge in [0.05, 0.1) is 12.1 Å².